The van der Waals surface area contributed by atoms with Crippen LogP contribution >= 0.6 is 11.3 Å². The molecule has 2 aliphatic carbocycles. The Morgan fingerprint density at radius 1 is 0.265 bits per heavy atom. The number of thiophene rings is 1. The summed E-state index contributed by atoms with van der Waals surface area (Å²) in [6.45, 7) is 0. The lowest BCUT2D eigenvalue weighted by atomic mass is 9.70. The van der Waals surface area contributed by atoms with Crippen molar-refractivity contribution in [1.29, 1.82) is 0 Å². The monoisotopic (exact) mass is 880 g/mol. The summed E-state index contributed by atoms with van der Waals surface area (Å²) in [6.07, 6.45) is 0. The molecule has 2 aliphatic rings. The molecular weight excluding hydrogens is 841 g/mol. The Morgan fingerprint density at radius 3 is 1.44 bits per heavy atom. The van der Waals surface area contributed by atoms with Crippen LogP contribution < -0.4 is 0 Å². The molecule has 0 radical (unpaired) electrons. The Hall–Kier alpha value is -8.50. The summed E-state index contributed by atoms with van der Waals surface area (Å²) in [5.41, 5.74) is 21.8. The molecule has 0 N–H and O–H groups in total. The van der Waals surface area contributed by atoms with Gasteiger partial charge in [-0.25, -0.2) is 9.97 Å². The molecule has 3 heteroatoms. The average Bonchev–Trinajstić information content (AvgIpc) is 4.05. The van der Waals surface area contributed by atoms with Crippen molar-refractivity contribution in [2.75, 3.05) is 0 Å². The van der Waals surface area contributed by atoms with Gasteiger partial charge < -0.3 is 0 Å². The largest absolute Gasteiger partial charge is 0.228 e. The molecule has 0 amide bonds. The van der Waals surface area contributed by atoms with Crippen LogP contribution in [0.15, 0.2) is 243 Å². The highest BCUT2D eigenvalue weighted by Gasteiger charge is 2.51. The first kappa shape index (κ1) is 38.7. The van der Waals surface area contributed by atoms with Crippen LogP contribution in [0.25, 0.3) is 110 Å². The molecule has 2 nitrogen and oxygen atoms in total. The lowest BCUT2D eigenvalue weighted by Gasteiger charge is -2.30. The van der Waals surface area contributed by atoms with Gasteiger partial charge in [0.15, 0.2) is 5.82 Å². The highest BCUT2D eigenvalue weighted by molar-refractivity contribution is 7.25. The summed E-state index contributed by atoms with van der Waals surface area (Å²) < 4.78 is 2.59. The zero-order valence-electron chi connectivity index (χ0n) is 36.9. The van der Waals surface area contributed by atoms with E-state index in [1.54, 1.807) is 0 Å². The van der Waals surface area contributed by atoms with Crippen LogP contribution in [0, 0.1) is 0 Å². The van der Waals surface area contributed by atoms with Gasteiger partial charge in [-0.15, -0.1) is 11.3 Å². The molecule has 0 fully saturated rings. The van der Waals surface area contributed by atoms with Crippen molar-refractivity contribution in [3.8, 4) is 89.5 Å². The summed E-state index contributed by atoms with van der Waals surface area (Å²) >= 11 is 1.85. The first-order valence-electron chi connectivity index (χ1n) is 23.3. The van der Waals surface area contributed by atoms with Crippen LogP contribution in [0.4, 0.5) is 0 Å². The van der Waals surface area contributed by atoms with Crippen LogP contribution in [-0.4, -0.2) is 9.97 Å². The second-order valence-electron chi connectivity index (χ2n) is 18.0. The molecule has 0 bridgehead atoms. The molecule has 0 aliphatic heterocycles. The SMILES string of the molecule is c1ccc(-c2nc(-c3cc(-c4ccc5sc6ccccc6c5c4)cc(-c4ccccc4-c4ccccc4)c3)cc(-c3ccc4c(c3)-c3ccccc3C43c4ccccc4-c4ccccc43)n2)cc1. The fourth-order valence-electron chi connectivity index (χ4n) is 11.3. The van der Waals surface area contributed by atoms with Crippen LogP contribution in [0.3, 0.4) is 0 Å². The van der Waals surface area contributed by atoms with Gasteiger partial charge in [0.2, 0.25) is 0 Å². The van der Waals surface area contributed by atoms with Crippen LogP contribution in [-0.2, 0) is 5.41 Å². The van der Waals surface area contributed by atoms with Crippen molar-refractivity contribution < 1.29 is 0 Å². The van der Waals surface area contributed by atoms with E-state index >= 15 is 0 Å². The number of hydrogen-bond acceptors (Lipinski definition) is 3. The summed E-state index contributed by atoms with van der Waals surface area (Å²) in [6, 6.07) is 88.8. The van der Waals surface area contributed by atoms with Gasteiger partial charge in [-0.3, -0.25) is 0 Å². The summed E-state index contributed by atoms with van der Waals surface area (Å²) in [4.78, 5) is 10.8. The van der Waals surface area contributed by atoms with Crippen molar-refractivity contribution in [3.63, 3.8) is 0 Å². The molecular formula is C65H40N2S. The lowest BCUT2D eigenvalue weighted by molar-refractivity contribution is 0.794. The summed E-state index contributed by atoms with van der Waals surface area (Å²) in [5, 5.41) is 2.57. The minimum Gasteiger partial charge on any atom is -0.228 e. The van der Waals surface area contributed by atoms with Gasteiger partial charge in [-0.05, 0) is 126 Å². The van der Waals surface area contributed by atoms with Crippen molar-refractivity contribution in [1.82, 2.24) is 9.97 Å². The molecule has 0 atom stereocenters. The second kappa shape index (κ2) is 15.3. The number of rotatable bonds is 6. The molecule has 68 heavy (non-hydrogen) atoms. The molecule has 2 aromatic heterocycles. The second-order valence-corrected chi connectivity index (χ2v) is 19.1. The maximum Gasteiger partial charge on any atom is 0.160 e. The number of fused-ring (bicyclic) bond motifs is 13. The zero-order valence-corrected chi connectivity index (χ0v) is 37.7. The van der Waals surface area contributed by atoms with Crippen molar-refractivity contribution in [3.05, 3.63) is 265 Å². The fourth-order valence-corrected chi connectivity index (χ4v) is 12.4. The predicted octanol–water partition coefficient (Wildman–Crippen LogP) is 17.2. The standard InChI is InChI=1S/C65H40N2S/c1-3-17-41(18-4-1)48-21-7-8-22-49(48)46-35-45(43-32-34-63-55(38-43)53-26-12-16-30-62(53)68-63)36-47(37-46)61-40-60(66-64(67-61)42-19-5-2-6-20-42)44-31-33-59-54(39-44)52-25-11-15-29-58(52)65(59)56-27-13-9-23-50(56)51-24-10-14-28-57(51)65/h1-40H. The van der Waals surface area contributed by atoms with Gasteiger partial charge in [0.25, 0.3) is 0 Å². The van der Waals surface area contributed by atoms with E-state index < -0.39 is 5.41 Å². The Labute approximate surface area is 399 Å². The Kier molecular flexibility index (Phi) is 8.71. The quantitative estimate of drug-likeness (QED) is 0.166. The van der Waals surface area contributed by atoms with Gasteiger partial charge in [0.05, 0.1) is 16.8 Å². The fraction of sp³-hybridized carbons (Fsp3) is 0.0154. The van der Waals surface area contributed by atoms with Crippen molar-refractivity contribution in [2.45, 2.75) is 5.41 Å². The molecule has 316 valence electrons. The number of benzene rings is 10. The maximum absolute atomic E-state index is 5.44. The van der Waals surface area contributed by atoms with E-state index in [0.717, 1.165) is 39.2 Å². The van der Waals surface area contributed by atoms with Gasteiger partial charge in [0.1, 0.15) is 0 Å². The highest BCUT2D eigenvalue weighted by atomic mass is 32.1. The van der Waals surface area contributed by atoms with Crippen LogP contribution in [0.1, 0.15) is 22.3 Å². The number of hydrogen-bond donors (Lipinski definition) is 0. The third kappa shape index (κ3) is 5.89. The first-order chi connectivity index (χ1) is 33.7. The molecule has 10 aromatic carbocycles. The summed E-state index contributed by atoms with van der Waals surface area (Å²) in [5.74, 6) is 0.692. The van der Waals surface area contributed by atoms with Crippen LogP contribution in [0.2, 0.25) is 0 Å². The topological polar surface area (TPSA) is 25.8 Å². The minimum atomic E-state index is -0.408. The van der Waals surface area contributed by atoms with E-state index in [0.29, 0.717) is 5.82 Å². The normalized spacial score (nSPS) is 12.8. The molecule has 0 saturated carbocycles. The van der Waals surface area contributed by atoms with Gasteiger partial charge in [0, 0.05) is 36.9 Å². The smallest absolute Gasteiger partial charge is 0.160 e. The third-order valence-corrected chi connectivity index (χ3v) is 15.5. The number of aromatic nitrogens is 2. The van der Waals surface area contributed by atoms with Crippen molar-refractivity contribution in [2.24, 2.45) is 0 Å². The molecule has 0 saturated heterocycles. The Morgan fingerprint density at radius 2 is 0.750 bits per heavy atom. The van der Waals surface area contributed by atoms with Crippen molar-refractivity contribution >= 4 is 31.5 Å². The lowest BCUT2D eigenvalue weighted by Crippen LogP contribution is -2.25. The Bertz CT molecular complexity index is 3930. The van der Waals surface area contributed by atoms with Crippen LogP contribution in [0.5, 0.6) is 0 Å². The molecule has 1 spiro atoms. The molecule has 14 rings (SSSR count). The first-order valence-corrected chi connectivity index (χ1v) is 24.1. The predicted molar refractivity (Wildman–Crippen MR) is 284 cm³/mol. The van der Waals surface area contributed by atoms with E-state index in [2.05, 4.69) is 243 Å². The van der Waals surface area contributed by atoms with Gasteiger partial charge in [-0.2, -0.15) is 0 Å². The van der Waals surface area contributed by atoms with Gasteiger partial charge >= 0.3 is 0 Å². The maximum atomic E-state index is 5.44. The van der Waals surface area contributed by atoms with E-state index in [1.165, 1.54) is 86.9 Å². The van der Waals surface area contributed by atoms with Gasteiger partial charge in [-0.1, -0.05) is 194 Å². The van der Waals surface area contributed by atoms with E-state index in [4.69, 9.17) is 9.97 Å². The molecule has 12 aromatic rings. The van der Waals surface area contributed by atoms with E-state index in [9.17, 15) is 0 Å². The third-order valence-electron chi connectivity index (χ3n) is 14.3. The Balaban J connectivity index is 0.988. The van der Waals surface area contributed by atoms with E-state index in [-0.39, 0.29) is 0 Å². The molecule has 2 heterocycles. The minimum absolute atomic E-state index is 0.408. The highest BCUT2D eigenvalue weighted by Crippen LogP contribution is 2.63. The van der Waals surface area contributed by atoms with E-state index in [1.807, 2.05) is 11.3 Å². The number of nitrogens with zero attached hydrogens (tertiary/aromatic N) is 2. The molecule has 0 unspecified atom stereocenters. The zero-order chi connectivity index (χ0) is 44.8. The average molecular weight is 881 g/mol. The summed E-state index contributed by atoms with van der Waals surface area (Å²) in [7, 11) is 0.